The smallest absolute Gasteiger partial charge is 0.158 e. The number of nitrogens with two attached hydrogens (primary N) is 1. The van der Waals surface area contributed by atoms with E-state index in [4.69, 9.17) is 10.5 Å². The highest BCUT2D eigenvalue weighted by Crippen LogP contribution is 2.40. The van der Waals surface area contributed by atoms with Gasteiger partial charge in [-0.15, -0.1) is 0 Å². The monoisotopic (exact) mass is 183 g/mol. The van der Waals surface area contributed by atoms with E-state index in [9.17, 15) is 4.79 Å². The lowest BCUT2D eigenvalue weighted by molar-refractivity contribution is -0.128. The van der Waals surface area contributed by atoms with Crippen LogP contribution in [0.4, 0.5) is 0 Å². The Labute approximate surface area is 78.6 Å². The number of Topliss-reactive ketones (excluding diaryl/α,β-unsaturated/α-hetero) is 1. The summed E-state index contributed by atoms with van der Waals surface area (Å²) < 4.78 is 5.20. The minimum absolute atomic E-state index is 0.0654. The molecule has 2 fully saturated rings. The van der Waals surface area contributed by atoms with E-state index in [0.29, 0.717) is 12.5 Å². The lowest BCUT2D eigenvalue weighted by Gasteiger charge is -2.25. The number of carbonyl (C=O) groups is 1. The highest BCUT2D eigenvalue weighted by atomic mass is 16.5. The van der Waals surface area contributed by atoms with Crippen molar-refractivity contribution in [2.75, 3.05) is 13.2 Å². The normalized spacial score (nSPS) is 32.9. The molecule has 0 spiro atoms. The summed E-state index contributed by atoms with van der Waals surface area (Å²) in [5.74, 6) is 0.712. The first kappa shape index (κ1) is 9.16. The van der Waals surface area contributed by atoms with Crippen LogP contribution >= 0.6 is 0 Å². The second-order valence-electron chi connectivity index (χ2n) is 4.48. The quantitative estimate of drug-likeness (QED) is 0.701. The Morgan fingerprint density at radius 1 is 1.46 bits per heavy atom. The fraction of sp³-hybridized carbons (Fsp3) is 0.900. The number of hydrogen-bond acceptors (Lipinski definition) is 3. The minimum atomic E-state index is -0.585. The molecule has 0 aromatic heterocycles. The second-order valence-corrected chi connectivity index (χ2v) is 4.48. The summed E-state index contributed by atoms with van der Waals surface area (Å²) in [6, 6.07) is 0. The predicted octanol–water partition coefficient (Wildman–Crippen LogP) is 0.719. The Morgan fingerprint density at radius 2 is 2.15 bits per heavy atom. The third kappa shape index (κ3) is 1.63. The van der Waals surface area contributed by atoms with E-state index in [0.717, 1.165) is 25.9 Å². The number of carbonyl (C=O) groups excluding carboxylic acids is 1. The third-order valence-corrected chi connectivity index (χ3v) is 3.26. The molecule has 0 aromatic rings. The van der Waals surface area contributed by atoms with E-state index in [1.165, 1.54) is 0 Å². The van der Waals surface area contributed by atoms with Gasteiger partial charge < -0.3 is 10.5 Å². The van der Waals surface area contributed by atoms with Crippen LogP contribution in [-0.2, 0) is 9.53 Å². The summed E-state index contributed by atoms with van der Waals surface area (Å²) in [6.45, 7) is 3.18. The molecule has 2 N–H and O–H groups in total. The topological polar surface area (TPSA) is 52.3 Å². The van der Waals surface area contributed by atoms with Crippen molar-refractivity contribution < 1.29 is 9.53 Å². The zero-order chi connectivity index (χ0) is 9.47. The van der Waals surface area contributed by atoms with Gasteiger partial charge in [-0.3, -0.25) is 4.79 Å². The van der Waals surface area contributed by atoms with Crippen LogP contribution < -0.4 is 5.73 Å². The van der Waals surface area contributed by atoms with E-state index >= 15 is 0 Å². The molecule has 1 saturated carbocycles. The maximum atomic E-state index is 11.9. The van der Waals surface area contributed by atoms with Crippen molar-refractivity contribution in [3.8, 4) is 0 Å². The first-order valence-electron chi connectivity index (χ1n) is 5.03. The Hall–Kier alpha value is -0.410. The number of hydrogen-bond donors (Lipinski definition) is 1. The van der Waals surface area contributed by atoms with Crippen molar-refractivity contribution in [2.24, 2.45) is 17.6 Å². The molecular weight excluding hydrogens is 166 g/mol. The van der Waals surface area contributed by atoms with Gasteiger partial charge in [0.2, 0.25) is 0 Å². The van der Waals surface area contributed by atoms with Crippen molar-refractivity contribution in [1.82, 2.24) is 0 Å². The summed E-state index contributed by atoms with van der Waals surface area (Å²) in [6.07, 6.45) is 3.09. The zero-order valence-corrected chi connectivity index (χ0v) is 8.08. The number of rotatable bonds is 3. The molecule has 74 valence electrons. The van der Waals surface area contributed by atoms with Crippen LogP contribution in [0.3, 0.4) is 0 Å². The van der Waals surface area contributed by atoms with Gasteiger partial charge in [-0.05, 0) is 32.1 Å². The third-order valence-electron chi connectivity index (χ3n) is 3.26. The lowest BCUT2D eigenvalue weighted by Crippen LogP contribution is -2.50. The Morgan fingerprint density at radius 3 is 2.62 bits per heavy atom. The summed E-state index contributed by atoms with van der Waals surface area (Å²) in [5.41, 5.74) is 5.46. The van der Waals surface area contributed by atoms with Crippen molar-refractivity contribution >= 4 is 5.78 Å². The average molecular weight is 183 g/mol. The fourth-order valence-corrected chi connectivity index (χ4v) is 2.07. The molecule has 0 radical (unpaired) electrons. The zero-order valence-electron chi connectivity index (χ0n) is 8.08. The molecule has 1 heterocycles. The average Bonchev–Trinajstić information content (AvgIpc) is 2.82. The number of ether oxygens (including phenoxy) is 1. The molecule has 13 heavy (non-hydrogen) atoms. The van der Waals surface area contributed by atoms with Crippen LogP contribution in [0.5, 0.6) is 0 Å². The van der Waals surface area contributed by atoms with E-state index in [2.05, 4.69) is 0 Å². The van der Waals surface area contributed by atoms with Crippen LogP contribution in [0, 0.1) is 11.8 Å². The molecule has 2 unspecified atom stereocenters. The standard InChI is InChI=1S/C10H17NO2/c1-10(11,8-2-3-8)9(12)7-4-5-13-6-7/h7-8H,2-6,11H2,1H3. The maximum Gasteiger partial charge on any atom is 0.158 e. The van der Waals surface area contributed by atoms with Gasteiger partial charge in [-0.25, -0.2) is 0 Å². The SMILES string of the molecule is CC(N)(C(=O)C1CCOC1)C1CC1. The Balaban J connectivity index is 2.01. The Bertz CT molecular complexity index is 215. The van der Waals surface area contributed by atoms with Crippen molar-refractivity contribution in [3.05, 3.63) is 0 Å². The number of ketones is 1. The molecule has 0 aromatic carbocycles. The predicted molar refractivity (Wildman–Crippen MR) is 49.2 cm³/mol. The molecule has 1 aliphatic heterocycles. The van der Waals surface area contributed by atoms with Crippen LogP contribution in [0.1, 0.15) is 26.2 Å². The van der Waals surface area contributed by atoms with Gasteiger partial charge in [-0.1, -0.05) is 0 Å². The second kappa shape index (κ2) is 3.07. The molecule has 3 heteroatoms. The molecule has 1 saturated heterocycles. The van der Waals surface area contributed by atoms with Crippen molar-refractivity contribution in [2.45, 2.75) is 31.7 Å². The first-order chi connectivity index (χ1) is 6.12. The summed E-state index contributed by atoms with van der Waals surface area (Å²) in [7, 11) is 0. The Kier molecular flexibility index (Phi) is 2.16. The lowest BCUT2D eigenvalue weighted by atomic mass is 9.84. The van der Waals surface area contributed by atoms with Crippen LogP contribution in [0.15, 0.2) is 0 Å². The van der Waals surface area contributed by atoms with E-state index in [1.807, 2.05) is 6.92 Å². The summed E-state index contributed by atoms with van der Waals surface area (Å²) >= 11 is 0. The molecule has 3 nitrogen and oxygen atoms in total. The van der Waals surface area contributed by atoms with E-state index < -0.39 is 5.54 Å². The van der Waals surface area contributed by atoms with Gasteiger partial charge in [0.1, 0.15) is 0 Å². The highest BCUT2D eigenvalue weighted by molar-refractivity contribution is 5.90. The van der Waals surface area contributed by atoms with Gasteiger partial charge in [0, 0.05) is 12.5 Å². The van der Waals surface area contributed by atoms with Crippen LogP contribution in [-0.4, -0.2) is 24.5 Å². The summed E-state index contributed by atoms with van der Waals surface area (Å²) in [5, 5.41) is 0. The molecule has 2 atom stereocenters. The van der Waals surface area contributed by atoms with Gasteiger partial charge in [0.25, 0.3) is 0 Å². The molecule has 2 aliphatic rings. The molecular formula is C10H17NO2. The van der Waals surface area contributed by atoms with E-state index in [1.54, 1.807) is 0 Å². The van der Waals surface area contributed by atoms with E-state index in [-0.39, 0.29) is 11.7 Å². The maximum absolute atomic E-state index is 11.9. The van der Waals surface area contributed by atoms with Gasteiger partial charge in [0.05, 0.1) is 12.1 Å². The van der Waals surface area contributed by atoms with Crippen LogP contribution in [0.25, 0.3) is 0 Å². The van der Waals surface area contributed by atoms with Gasteiger partial charge >= 0.3 is 0 Å². The summed E-state index contributed by atoms with van der Waals surface area (Å²) in [4.78, 5) is 11.9. The van der Waals surface area contributed by atoms with Crippen molar-refractivity contribution in [3.63, 3.8) is 0 Å². The van der Waals surface area contributed by atoms with Crippen LogP contribution in [0.2, 0.25) is 0 Å². The van der Waals surface area contributed by atoms with Gasteiger partial charge in [0.15, 0.2) is 5.78 Å². The largest absolute Gasteiger partial charge is 0.381 e. The first-order valence-corrected chi connectivity index (χ1v) is 5.03. The highest BCUT2D eigenvalue weighted by Gasteiger charge is 2.46. The van der Waals surface area contributed by atoms with Gasteiger partial charge in [-0.2, -0.15) is 0 Å². The molecule has 0 amide bonds. The molecule has 0 bridgehead atoms. The molecule has 2 rings (SSSR count). The minimum Gasteiger partial charge on any atom is -0.381 e. The fourth-order valence-electron chi connectivity index (χ4n) is 2.07. The van der Waals surface area contributed by atoms with Crippen molar-refractivity contribution in [1.29, 1.82) is 0 Å². The molecule has 1 aliphatic carbocycles.